The summed E-state index contributed by atoms with van der Waals surface area (Å²) < 4.78 is 11.2. The van der Waals surface area contributed by atoms with Crippen molar-refractivity contribution in [1.82, 2.24) is 5.32 Å². The van der Waals surface area contributed by atoms with Crippen molar-refractivity contribution in [3.05, 3.63) is 0 Å². The first-order chi connectivity index (χ1) is 21.3. The van der Waals surface area contributed by atoms with Gasteiger partial charge in [-0.2, -0.15) is 0 Å². The Hall–Kier alpha value is -0.810. The molecule has 0 aromatic heterocycles. The second-order valence-electron chi connectivity index (χ2n) is 13.0. The molecule has 6 N–H and O–H groups in total. The van der Waals surface area contributed by atoms with Gasteiger partial charge in [-0.1, -0.05) is 142 Å². The third-order valence-corrected chi connectivity index (χ3v) is 8.96. The van der Waals surface area contributed by atoms with Crippen LogP contribution in [0, 0.1) is 0 Å². The average molecular weight is 632 g/mol. The molecule has 1 aliphatic heterocycles. The summed E-state index contributed by atoms with van der Waals surface area (Å²) >= 11 is 0. The lowest BCUT2D eigenvalue weighted by Crippen LogP contribution is -2.60. The van der Waals surface area contributed by atoms with Crippen LogP contribution in [0.4, 0.5) is 0 Å². The van der Waals surface area contributed by atoms with Crippen LogP contribution in [0.15, 0.2) is 0 Å². The maximum Gasteiger partial charge on any atom is 0.220 e. The number of carbonyl (C=O) groups is 1. The van der Waals surface area contributed by atoms with Gasteiger partial charge in [0.15, 0.2) is 6.29 Å². The summed E-state index contributed by atoms with van der Waals surface area (Å²) in [5.74, 6) is -0.152. The molecule has 1 heterocycles. The second kappa shape index (κ2) is 27.3. The van der Waals surface area contributed by atoms with Crippen molar-refractivity contribution < 1.29 is 39.8 Å². The zero-order valence-corrected chi connectivity index (χ0v) is 28.2. The minimum atomic E-state index is -1.54. The van der Waals surface area contributed by atoms with Crippen molar-refractivity contribution in [3.8, 4) is 0 Å². The van der Waals surface area contributed by atoms with Gasteiger partial charge in [0, 0.05) is 6.42 Å². The van der Waals surface area contributed by atoms with Crippen LogP contribution in [0.3, 0.4) is 0 Å². The highest BCUT2D eigenvalue weighted by molar-refractivity contribution is 5.76. The predicted octanol–water partition coefficient (Wildman–Crippen LogP) is 5.66. The van der Waals surface area contributed by atoms with E-state index in [9.17, 15) is 30.3 Å². The highest BCUT2D eigenvalue weighted by Crippen LogP contribution is 2.23. The summed E-state index contributed by atoms with van der Waals surface area (Å²) in [6.45, 7) is 3.76. The molecular weight excluding hydrogens is 562 g/mol. The van der Waals surface area contributed by atoms with E-state index in [1.54, 1.807) is 0 Å². The molecule has 1 saturated heterocycles. The van der Waals surface area contributed by atoms with Crippen molar-refractivity contribution >= 4 is 5.91 Å². The van der Waals surface area contributed by atoms with E-state index < -0.39 is 49.5 Å². The van der Waals surface area contributed by atoms with Crippen LogP contribution in [-0.4, -0.2) is 87.5 Å². The summed E-state index contributed by atoms with van der Waals surface area (Å²) in [5.41, 5.74) is 0. The van der Waals surface area contributed by atoms with Gasteiger partial charge < -0.3 is 40.3 Å². The summed E-state index contributed by atoms with van der Waals surface area (Å²) in [7, 11) is 0. The number of hydrogen-bond donors (Lipinski definition) is 6. The number of amides is 1. The van der Waals surface area contributed by atoms with Crippen molar-refractivity contribution in [1.29, 1.82) is 0 Å². The van der Waals surface area contributed by atoms with Crippen molar-refractivity contribution in [2.24, 2.45) is 0 Å². The number of nitrogens with one attached hydrogen (secondary N) is 1. The Morgan fingerprint density at radius 1 is 0.682 bits per heavy atom. The quantitative estimate of drug-likeness (QED) is 0.0580. The van der Waals surface area contributed by atoms with Crippen LogP contribution >= 0.6 is 0 Å². The van der Waals surface area contributed by atoms with Crippen LogP contribution < -0.4 is 5.32 Å². The van der Waals surface area contributed by atoms with Crippen LogP contribution in [0.2, 0.25) is 0 Å². The predicted molar refractivity (Wildman–Crippen MR) is 175 cm³/mol. The fourth-order valence-corrected chi connectivity index (χ4v) is 5.92. The van der Waals surface area contributed by atoms with E-state index in [0.29, 0.717) is 12.8 Å². The Morgan fingerprint density at radius 3 is 1.61 bits per heavy atom. The normalized spacial score (nSPS) is 23.5. The summed E-state index contributed by atoms with van der Waals surface area (Å²) in [5, 5.41) is 53.8. The summed E-state index contributed by atoms with van der Waals surface area (Å²) in [6, 6.07) is -0.707. The third-order valence-electron chi connectivity index (χ3n) is 8.96. The van der Waals surface area contributed by atoms with Gasteiger partial charge in [-0.05, 0) is 12.8 Å². The van der Waals surface area contributed by atoms with Gasteiger partial charge in [0.2, 0.25) is 5.91 Å². The number of aliphatic hydroxyl groups excluding tert-OH is 5. The number of ether oxygens (including phenoxy) is 2. The number of carbonyl (C=O) groups excluding carboxylic acids is 1. The zero-order chi connectivity index (χ0) is 32.4. The Kier molecular flexibility index (Phi) is 25.6. The van der Waals surface area contributed by atoms with Gasteiger partial charge in [-0.25, -0.2) is 0 Å². The lowest BCUT2D eigenvalue weighted by Gasteiger charge is -2.40. The SMILES string of the molecule is CCCCCCCCCCCCCCCCC(O)C(COC1OC(CO)C(O)C(O)C1O)NC(=O)CCCCCCCCC. The largest absolute Gasteiger partial charge is 0.394 e. The molecule has 0 aromatic rings. The molecule has 7 atom stereocenters. The van der Waals surface area contributed by atoms with Crippen molar-refractivity contribution in [2.45, 2.75) is 204 Å². The molecule has 1 fully saturated rings. The van der Waals surface area contributed by atoms with E-state index >= 15 is 0 Å². The van der Waals surface area contributed by atoms with Gasteiger partial charge in [0.1, 0.15) is 24.4 Å². The average Bonchev–Trinajstić information content (AvgIpc) is 3.02. The van der Waals surface area contributed by atoms with E-state index in [0.717, 1.165) is 38.5 Å². The topological polar surface area (TPSA) is 149 Å². The van der Waals surface area contributed by atoms with Gasteiger partial charge in [0.05, 0.1) is 25.4 Å². The Balaban J connectivity index is 2.41. The lowest BCUT2D eigenvalue weighted by atomic mass is 9.99. The van der Waals surface area contributed by atoms with E-state index in [-0.39, 0.29) is 12.5 Å². The first-order valence-corrected chi connectivity index (χ1v) is 18.2. The maximum atomic E-state index is 12.7. The van der Waals surface area contributed by atoms with Crippen molar-refractivity contribution in [3.63, 3.8) is 0 Å². The van der Waals surface area contributed by atoms with Crippen LogP contribution in [0.5, 0.6) is 0 Å². The molecule has 9 heteroatoms. The Morgan fingerprint density at radius 2 is 1.14 bits per heavy atom. The second-order valence-corrected chi connectivity index (χ2v) is 13.0. The molecule has 9 nitrogen and oxygen atoms in total. The van der Waals surface area contributed by atoms with Crippen LogP contribution in [0.25, 0.3) is 0 Å². The molecule has 1 rings (SSSR count). The Labute approximate surface area is 268 Å². The first kappa shape index (κ1) is 41.2. The van der Waals surface area contributed by atoms with Gasteiger partial charge in [0.25, 0.3) is 0 Å². The molecule has 0 spiro atoms. The van der Waals surface area contributed by atoms with Gasteiger partial charge in [-0.3, -0.25) is 4.79 Å². The van der Waals surface area contributed by atoms with Crippen LogP contribution in [-0.2, 0) is 14.3 Å². The van der Waals surface area contributed by atoms with E-state index in [2.05, 4.69) is 19.2 Å². The molecule has 1 aliphatic rings. The van der Waals surface area contributed by atoms with E-state index in [4.69, 9.17) is 9.47 Å². The number of unbranched alkanes of at least 4 members (excludes halogenated alkanes) is 19. The summed E-state index contributed by atoms with van der Waals surface area (Å²) in [6.07, 6.45) is 18.4. The zero-order valence-electron chi connectivity index (χ0n) is 28.2. The molecule has 0 aliphatic carbocycles. The standard InChI is InChI=1S/C35H69NO8/c1-3-5-7-9-11-12-13-14-15-16-17-19-20-22-24-29(38)28(36-31(39)25-23-21-18-10-8-6-4-2)27-43-35-34(42)33(41)32(40)30(26-37)44-35/h28-30,32-35,37-38,40-42H,3-27H2,1-2H3,(H,36,39). The van der Waals surface area contributed by atoms with E-state index in [1.807, 2.05) is 0 Å². The molecule has 0 radical (unpaired) electrons. The first-order valence-electron chi connectivity index (χ1n) is 18.2. The molecule has 0 saturated carbocycles. The molecule has 262 valence electrons. The molecule has 44 heavy (non-hydrogen) atoms. The highest BCUT2D eigenvalue weighted by atomic mass is 16.7. The molecule has 0 bridgehead atoms. The molecular formula is C35H69NO8. The molecule has 1 amide bonds. The Bertz CT molecular complexity index is 667. The molecule has 7 unspecified atom stereocenters. The van der Waals surface area contributed by atoms with E-state index in [1.165, 1.54) is 96.3 Å². The van der Waals surface area contributed by atoms with Gasteiger partial charge in [-0.15, -0.1) is 0 Å². The summed E-state index contributed by atoms with van der Waals surface area (Å²) in [4.78, 5) is 12.7. The monoisotopic (exact) mass is 632 g/mol. The van der Waals surface area contributed by atoms with Gasteiger partial charge >= 0.3 is 0 Å². The smallest absolute Gasteiger partial charge is 0.220 e. The molecule has 0 aromatic carbocycles. The fourth-order valence-electron chi connectivity index (χ4n) is 5.92. The fraction of sp³-hybridized carbons (Fsp3) is 0.971. The third kappa shape index (κ3) is 19.0. The number of rotatable bonds is 29. The van der Waals surface area contributed by atoms with Crippen LogP contribution in [0.1, 0.15) is 162 Å². The minimum Gasteiger partial charge on any atom is -0.394 e. The maximum absolute atomic E-state index is 12.7. The minimum absolute atomic E-state index is 0.134. The number of aliphatic hydroxyl groups is 5. The number of hydrogen-bond acceptors (Lipinski definition) is 8. The lowest BCUT2D eigenvalue weighted by molar-refractivity contribution is -0.302. The highest BCUT2D eigenvalue weighted by Gasteiger charge is 2.44. The van der Waals surface area contributed by atoms with Crippen molar-refractivity contribution in [2.75, 3.05) is 13.2 Å².